The van der Waals surface area contributed by atoms with Gasteiger partial charge in [0, 0.05) is 42.3 Å². The zero-order valence-corrected chi connectivity index (χ0v) is 15.9. The number of hydrogen-bond donors (Lipinski definition) is 0. The number of hydrogen-bond acceptors (Lipinski definition) is 3. The second kappa shape index (κ2) is 7.90. The predicted octanol–water partition coefficient (Wildman–Crippen LogP) is 4.20. The first-order valence-corrected chi connectivity index (χ1v) is 9.48. The quantitative estimate of drug-likeness (QED) is 0.669. The van der Waals surface area contributed by atoms with Crippen LogP contribution < -0.4 is 0 Å². The fourth-order valence-electron chi connectivity index (χ4n) is 3.35. The molecule has 1 saturated heterocycles. The number of rotatable bonds is 3. The van der Waals surface area contributed by atoms with E-state index in [-0.39, 0.29) is 11.8 Å². The van der Waals surface area contributed by atoms with E-state index in [1.807, 2.05) is 36.4 Å². The third kappa shape index (κ3) is 3.66. The van der Waals surface area contributed by atoms with E-state index in [2.05, 4.69) is 0 Å². The van der Waals surface area contributed by atoms with Gasteiger partial charge < -0.3 is 14.2 Å². The van der Waals surface area contributed by atoms with Crippen LogP contribution in [-0.2, 0) is 0 Å². The zero-order chi connectivity index (χ0) is 19.5. The van der Waals surface area contributed by atoms with E-state index in [0.29, 0.717) is 42.5 Å². The van der Waals surface area contributed by atoms with E-state index in [9.17, 15) is 9.59 Å². The van der Waals surface area contributed by atoms with E-state index in [1.54, 1.807) is 34.1 Å². The summed E-state index contributed by atoms with van der Waals surface area (Å²) in [6.45, 7) is 1.89. The SMILES string of the molecule is O=C(c1ccc(Cl)cc1)N1CCN(C(=O)c2occc2-c2ccccc2)CC1. The molecule has 0 N–H and O–H groups in total. The van der Waals surface area contributed by atoms with Crippen LogP contribution in [0.3, 0.4) is 0 Å². The predicted molar refractivity (Wildman–Crippen MR) is 107 cm³/mol. The van der Waals surface area contributed by atoms with E-state index >= 15 is 0 Å². The fraction of sp³-hybridized carbons (Fsp3) is 0.182. The largest absolute Gasteiger partial charge is 0.459 e. The molecule has 2 amide bonds. The molecule has 0 unspecified atom stereocenters. The summed E-state index contributed by atoms with van der Waals surface area (Å²) >= 11 is 5.88. The Morgan fingerprint density at radius 3 is 2.04 bits per heavy atom. The molecule has 0 saturated carbocycles. The van der Waals surface area contributed by atoms with Crippen LogP contribution in [0.5, 0.6) is 0 Å². The summed E-state index contributed by atoms with van der Waals surface area (Å²) in [5.41, 5.74) is 2.32. The van der Waals surface area contributed by atoms with Crippen molar-refractivity contribution in [1.82, 2.24) is 9.80 Å². The fourth-order valence-corrected chi connectivity index (χ4v) is 3.48. The molecule has 0 radical (unpaired) electrons. The van der Waals surface area contributed by atoms with Crippen LogP contribution in [0.4, 0.5) is 0 Å². The van der Waals surface area contributed by atoms with Crippen LogP contribution in [-0.4, -0.2) is 47.8 Å². The molecular weight excluding hydrogens is 376 g/mol. The summed E-state index contributed by atoms with van der Waals surface area (Å²) < 4.78 is 5.50. The van der Waals surface area contributed by atoms with E-state index in [4.69, 9.17) is 16.0 Å². The van der Waals surface area contributed by atoms with Gasteiger partial charge in [-0.25, -0.2) is 0 Å². The number of furan rings is 1. The molecule has 3 aromatic rings. The Hall–Kier alpha value is -3.05. The van der Waals surface area contributed by atoms with Crippen LogP contribution in [0.25, 0.3) is 11.1 Å². The van der Waals surface area contributed by atoms with Gasteiger partial charge in [-0.05, 0) is 35.9 Å². The van der Waals surface area contributed by atoms with Crippen LogP contribution in [0.2, 0.25) is 5.02 Å². The van der Waals surface area contributed by atoms with Gasteiger partial charge in [-0.2, -0.15) is 0 Å². The number of piperazine rings is 1. The molecule has 0 spiro atoms. The van der Waals surface area contributed by atoms with Gasteiger partial charge in [0.25, 0.3) is 11.8 Å². The highest BCUT2D eigenvalue weighted by atomic mass is 35.5. The highest BCUT2D eigenvalue weighted by Gasteiger charge is 2.28. The molecule has 28 heavy (non-hydrogen) atoms. The molecule has 0 aliphatic carbocycles. The number of nitrogens with zero attached hydrogens (tertiary/aromatic N) is 2. The molecule has 0 atom stereocenters. The van der Waals surface area contributed by atoms with Gasteiger partial charge in [-0.15, -0.1) is 0 Å². The molecule has 1 aromatic heterocycles. The van der Waals surface area contributed by atoms with Gasteiger partial charge in [-0.1, -0.05) is 41.9 Å². The van der Waals surface area contributed by atoms with Gasteiger partial charge in [0.1, 0.15) is 0 Å². The Labute approximate surface area is 168 Å². The molecule has 4 rings (SSSR count). The number of amides is 2. The number of carbonyl (C=O) groups excluding carboxylic acids is 2. The van der Waals surface area contributed by atoms with E-state index in [1.165, 1.54) is 6.26 Å². The molecule has 142 valence electrons. The summed E-state index contributed by atoms with van der Waals surface area (Å²) in [6, 6.07) is 18.3. The highest BCUT2D eigenvalue weighted by molar-refractivity contribution is 6.30. The first kappa shape index (κ1) is 18.3. The molecule has 1 fully saturated rings. The number of carbonyl (C=O) groups is 2. The lowest BCUT2D eigenvalue weighted by molar-refractivity contribution is 0.0518. The molecular formula is C22H19ClN2O3. The van der Waals surface area contributed by atoms with Gasteiger partial charge in [0.15, 0.2) is 5.76 Å². The van der Waals surface area contributed by atoms with Crippen molar-refractivity contribution in [2.24, 2.45) is 0 Å². The maximum absolute atomic E-state index is 13.0. The van der Waals surface area contributed by atoms with E-state index in [0.717, 1.165) is 11.1 Å². The molecule has 2 aromatic carbocycles. The van der Waals surface area contributed by atoms with Crippen LogP contribution in [0.15, 0.2) is 71.3 Å². The normalized spacial score (nSPS) is 14.2. The van der Waals surface area contributed by atoms with Crippen molar-refractivity contribution >= 4 is 23.4 Å². The summed E-state index contributed by atoms with van der Waals surface area (Å²) in [6.07, 6.45) is 1.54. The van der Waals surface area contributed by atoms with Gasteiger partial charge in [0.2, 0.25) is 0 Å². The zero-order valence-electron chi connectivity index (χ0n) is 15.2. The van der Waals surface area contributed by atoms with E-state index < -0.39 is 0 Å². The van der Waals surface area contributed by atoms with Crippen LogP contribution in [0, 0.1) is 0 Å². The summed E-state index contributed by atoms with van der Waals surface area (Å²) in [7, 11) is 0. The first-order chi connectivity index (χ1) is 13.6. The van der Waals surface area contributed by atoms with Crippen molar-refractivity contribution in [3.63, 3.8) is 0 Å². The van der Waals surface area contributed by atoms with Gasteiger partial charge >= 0.3 is 0 Å². The first-order valence-electron chi connectivity index (χ1n) is 9.10. The molecule has 2 heterocycles. The highest BCUT2D eigenvalue weighted by Crippen LogP contribution is 2.26. The van der Waals surface area contributed by atoms with Crippen molar-refractivity contribution in [3.8, 4) is 11.1 Å². The minimum absolute atomic E-state index is 0.0493. The van der Waals surface area contributed by atoms with Crippen molar-refractivity contribution in [3.05, 3.63) is 83.3 Å². The van der Waals surface area contributed by atoms with Crippen LogP contribution in [0.1, 0.15) is 20.9 Å². The number of halogens is 1. The molecule has 1 aliphatic heterocycles. The van der Waals surface area contributed by atoms with Crippen LogP contribution >= 0.6 is 11.6 Å². The second-order valence-corrected chi connectivity index (χ2v) is 7.06. The summed E-state index contributed by atoms with van der Waals surface area (Å²) in [5.74, 6) is 0.137. The lowest BCUT2D eigenvalue weighted by Crippen LogP contribution is -2.50. The maximum Gasteiger partial charge on any atom is 0.290 e. The average molecular weight is 395 g/mol. The Morgan fingerprint density at radius 1 is 0.786 bits per heavy atom. The smallest absolute Gasteiger partial charge is 0.290 e. The Bertz CT molecular complexity index is 975. The minimum Gasteiger partial charge on any atom is -0.459 e. The van der Waals surface area contributed by atoms with Crippen molar-refractivity contribution < 1.29 is 14.0 Å². The third-order valence-corrected chi connectivity index (χ3v) is 5.14. The topological polar surface area (TPSA) is 53.8 Å². The molecule has 5 nitrogen and oxygen atoms in total. The Morgan fingerprint density at radius 2 is 1.39 bits per heavy atom. The Kier molecular flexibility index (Phi) is 5.17. The van der Waals surface area contributed by atoms with Crippen molar-refractivity contribution in [1.29, 1.82) is 0 Å². The number of benzene rings is 2. The molecule has 1 aliphatic rings. The monoisotopic (exact) mass is 394 g/mol. The summed E-state index contributed by atoms with van der Waals surface area (Å²) in [5, 5.41) is 0.597. The van der Waals surface area contributed by atoms with Crippen molar-refractivity contribution in [2.45, 2.75) is 0 Å². The second-order valence-electron chi connectivity index (χ2n) is 6.62. The lowest BCUT2D eigenvalue weighted by atomic mass is 10.1. The summed E-state index contributed by atoms with van der Waals surface area (Å²) in [4.78, 5) is 29.1. The van der Waals surface area contributed by atoms with Gasteiger partial charge in [-0.3, -0.25) is 9.59 Å². The molecule has 6 heteroatoms. The maximum atomic E-state index is 13.0. The lowest BCUT2D eigenvalue weighted by Gasteiger charge is -2.34. The van der Waals surface area contributed by atoms with Gasteiger partial charge in [0.05, 0.1) is 6.26 Å². The average Bonchev–Trinajstić information content (AvgIpc) is 3.24. The molecule has 0 bridgehead atoms. The Balaban J connectivity index is 1.43. The van der Waals surface area contributed by atoms with Crippen molar-refractivity contribution in [2.75, 3.05) is 26.2 Å². The third-order valence-electron chi connectivity index (χ3n) is 4.89. The standard InChI is InChI=1S/C22H19ClN2O3/c23-18-8-6-17(7-9-18)21(26)24-11-13-25(14-12-24)22(27)20-19(10-15-28-20)16-4-2-1-3-5-16/h1-10,15H,11-14H2. The minimum atomic E-state index is -0.151.